The van der Waals surface area contributed by atoms with Crippen molar-refractivity contribution in [1.82, 2.24) is 0 Å². The van der Waals surface area contributed by atoms with E-state index in [9.17, 15) is 15.2 Å². The number of phenolic OH excluding ortho intramolecular Hbond substituents is 1. The van der Waals surface area contributed by atoms with Gasteiger partial charge in [-0.05, 0) is 57.4 Å². The molecule has 2 rings (SSSR count). The molecule has 2 N–H and O–H groups in total. The normalized spacial score (nSPS) is 16.1. The molecule has 1 saturated carbocycles. The number of benzene rings is 1. The second-order valence-electron chi connectivity index (χ2n) is 6.05. The van der Waals surface area contributed by atoms with Crippen molar-refractivity contribution < 1.29 is 14.6 Å². The molecule has 0 unspecified atom stereocenters. The fourth-order valence-corrected chi connectivity index (χ4v) is 2.02. The van der Waals surface area contributed by atoms with Crippen molar-refractivity contribution >= 4 is 11.8 Å². The molecule has 0 atom stereocenters. The lowest BCUT2D eigenvalue weighted by Crippen LogP contribution is -2.27. The molecule has 0 radical (unpaired) electrons. The van der Waals surface area contributed by atoms with Gasteiger partial charge in [0.25, 0.3) is 0 Å². The number of phenols is 1. The first kappa shape index (κ1) is 14.2. The van der Waals surface area contributed by atoms with E-state index in [0.29, 0.717) is 11.3 Å². The smallest absolute Gasteiger partial charge is 0.412 e. The Morgan fingerprint density at radius 2 is 2.10 bits per heavy atom. The first-order valence-electron chi connectivity index (χ1n) is 6.50. The van der Waals surface area contributed by atoms with Gasteiger partial charge in [-0.2, -0.15) is 5.26 Å². The molecule has 0 aromatic heterocycles. The van der Waals surface area contributed by atoms with E-state index in [0.717, 1.165) is 12.8 Å². The van der Waals surface area contributed by atoms with Gasteiger partial charge in [0.15, 0.2) is 0 Å². The molecule has 20 heavy (non-hydrogen) atoms. The minimum atomic E-state index is -0.594. The van der Waals surface area contributed by atoms with E-state index >= 15 is 0 Å². The van der Waals surface area contributed by atoms with Crippen LogP contribution in [0.25, 0.3) is 0 Å². The van der Waals surface area contributed by atoms with E-state index in [1.54, 1.807) is 26.8 Å². The van der Waals surface area contributed by atoms with Crippen molar-refractivity contribution in [3.05, 3.63) is 23.8 Å². The van der Waals surface area contributed by atoms with Gasteiger partial charge in [0, 0.05) is 5.69 Å². The highest BCUT2D eigenvalue weighted by molar-refractivity contribution is 5.87. The molecule has 0 aliphatic heterocycles. The van der Waals surface area contributed by atoms with Crippen molar-refractivity contribution in [2.45, 2.75) is 44.6 Å². The van der Waals surface area contributed by atoms with Gasteiger partial charge in [0.05, 0.1) is 11.5 Å². The molecule has 1 aromatic rings. The number of aromatic hydroxyl groups is 1. The largest absolute Gasteiger partial charge is 0.508 e. The lowest BCUT2D eigenvalue weighted by Gasteiger charge is -2.21. The Morgan fingerprint density at radius 1 is 1.45 bits per heavy atom. The SMILES string of the molecule is CC(C)(C)OC(=O)Nc1ccc(O)cc1C1(C#N)CC1. The third-order valence-electron chi connectivity index (χ3n) is 3.12. The highest BCUT2D eigenvalue weighted by Gasteiger charge is 2.46. The van der Waals surface area contributed by atoms with Crippen LogP contribution in [0, 0.1) is 11.3 Å². The number of nitrogens with zero attached hydrogens (tertiary/aromatic N) is 1. The summed E-state index contributed by atoms with van der Waals surface area (Å²) < 4.78 is 5.20. The van der Waals surface area contributed by atoms with Crippen LogP contribution in [0.3, 0.4) is 0 Å². The van der Waals surface area contributed by atoms with Gasteiger partial charge in [-0.3, -0.25) is 5.32 Å². The molecule has 1 amide bonds. The maximum atomic E-state index is 11.8. The van der Waals surface area contributed by atoms with Crippen LogP contribution in [0.15, 0.2) is 18.2 Å². The number of ether oxygens (including phenoxy) is 1. The lowest BCUT2D eigenvalue weighted by molar-refractivity contribution is 0.0635. The van der Waals surface area contributed by atoms with E-state index in [1.807, 2.05) is 0 Å². The molecule has 0 bridgehead atoms. The molecule has 0 saturated heterocycles. The van der Waals surface area contributed by atoms with E-state index in [2.05, 4.69) is 11.4 Å². The van der Waals surface area contributed by atoms with Crippen LogP contribution >= 0.6 is 0 Å². The maximum Gasteiger partial charge on any atom is 0.412 e. The standard InChI is InChI=1S/C15H18N2O3/c1-14(2,3)20-13(19)17-12-5-4-10(18)8-11(12)15(9-16)6-7-15/h4-5,8,18H,6-7H2,1-3H3,(H,17,19). The van der Waals surface area contributed by atoms with Crippen LogP contribution in [0.1, 0.15) is 39.2 Å². The fraction of sp³-hybridized carbons (Fsp3) is 0.467. The first-order valence-corrected chi connectivity index (χ1v) is 6.50. The molecule has 5 heteroatoms. The van der Waals surface area contributed by atoms with Gasteiger partial charge in [-0.15, -0.1) is 0 Å². The summed E-state index contributed by atoms with van der Waals surface area (Å²) in [7, 11) is 0. The van der Waals surface area contributed by atoms with Crippen LogP contribution in [0.5, 0.6) is 5.75 Å². The van der Waals surface area contributed by atoms with Crippen molar-refractivity contribution in [2.75, 3.05) is 5.32 Å². The zero-order valence-corrected chi connectivity index (χ0v) is 11.9. The Labute approximate surface area is 118 Å². The predicted molar refractivity (Wildman–Crippen MR) is 74.5 cm³/mol. The first-order chi connectivity index (χ1) is 9.26. The highest BCUT2D eigenvalue weighted by atomic mass is 16.6. The molecule has 106 valence electrons. The Balaban J connectivity index is 2.25. The Kier molecular flexibility index (Phi) is 3.34. The van der Waals surface area contributed by atoms with Gasteiger partial charge in [0.2, 0.25) is 0 Å². The summed E-state index contributed by atoms with van der Waals surface area (Å²) in [5.41, 5.74) is -0.0292. The number of amides is 1. The average molecular weight is 274 g/mol. The van der Waals surface area contributed by atoms with E-state index < -0.39 is 17.1 Å². The van der Waals surface area contributed by atoms with Crippen molar-refractivity contribution in [1.29, 1.82) is 5.26 Å². The number of carbonyl (C=O) groups is 1. The maximum absolute atomic E-state index is 11.8. The third kappa shape index (κ3) is 3.02. The number of anilines is 1. The Bertz CT molecular complexity index is 578. The lowest BCUT2D eigenvalue weighted by atomic mass is 9.95. The number of nitrogens with one attached hydrogen (secondary N) is 1. The summed E-state index contributed by atoms with van der Waals surface area (Å²) in [5.74, 6) is 0.0799. The number of hydrogen-bond acceptors (Lipinski definition) is 4. The molecular formula is C15H18N2O3. The fourth-order valence-electron chi connectivity index (χ4n) is 2.02. The predicted octanol–water partition coefficient (Wildman–Crippen LogP) is 3.29. The second-order valence-corrected chi connectivity index (χ2v) is 6.05. The zero-order valence-electron chi connectivity index (χ0n) is 11.9. The number of nitriles is 1. The van der Waals surface area contributed by atoms with Gasteiger partial charge >= 0.3 is 6.09 Å². The zero-order chi connectivity index (χ0) is 15.0. The molecule has 5 nitrogen and oxygen atoms in total. The number of carbonyl (C=O) groups excluding carboxylic acids is 1. The van der Waals surface area contributed by atoms with E-state index in [-0.39, 0.29) is 5.75 Å². The highest BCUT2D eigenvalue weighted by Crippen LogP contribution is 2.50. The summed E-state index contributed by atoms with van der Waals surface area (Å²) in [4.78, 5) is 11.8. The van der Waals surface area contributed by atoms with E-state index in [1.165, 1.54) is 12.1 Å². The molecule has 0 heterocycles. The Hall–Kier alpha value is -2.22. The second kappa shape index (κ2) is 4.71. The molecule has 1 aromatic carbocycles. The molecule has 1 fully saturated rings. The van der Waals surface area contributed by atoms with Crippen LogP contribution in [-0.2, 0) is 10.2 Å². The van der Waals surface area contributed by atoms with Gasteiger partial charge < -0.3 is 9.84 Å². The van der Waals surface area contributed by atoms with Crippen LogP contribution < -0.4 is 5.32 Å². The van der Waals surface area contributed by atoms with Gasteiger partial charge in [0.1, 0.15) is 11.4 Å². The van der Waals surface area contributed by atoms with Gasteiger partial charge in [-0.25, -0.2) is 4.79 Å². The van der Waals surface area contributed by atoms with Gasteiger partial charge in [-0.1, -0.05) is 0 Å². The monoisotopic (exact) mass is 274 g/mol. The summed E-state index contributed by atoms with van der Waals surface area (Å²) in [5, 5.41) is 21.5. The average Bonchev–Trinajstić information content (AvgIpc) is 3.10. The molecule has 1 aliphatic rings. The van der Waals surface area contributed by atoms with Crippen molar-refractivity contribution in [3.63, 3.8) is 0 Å². The molecule has 1 aliphatic carbocycles. The van der Waals surface area contributed by atoms with Crippen LogP contribution in [0.4, 0.5) is 10.5 Å². The minimum absolute atomic E-state index is 0.0799. The third-order valence-corrected chi connectivity index (χ3v) is 3.12. The summed E-state index contributed by atoms with van der Waals surface area (Å²) in [6.45, 7) is 5.34. The summed E-state index contributed by atoms with van der Waals surface area (Å²) in [6.07, 6.45) is 0.893. The van der Waals surface area contributed by atoms with Crippen LogP contribution in [0.2, 0.25) is 0 Å². The van der Waals surface area contributed by atoms with E-state index in [4.69, 9.17) is 4.74 Å². The summed E-state index contributed by atoms with van der Waals surface area (Å²) in [6, 6.07) is 6.85. The van der Waals surface area contributed by atoms with Crippen LogP contribution in [-0.4, -0.2) is 16.8 Å². The minimum Gasteiger partial charge on any atom is -0.508 e. The summed E-state index contributed by atoms with van der Waals surface area (Å²) >= 11 is 0. The topological polar surface area (TPSA) is 82.3 Å². The van der Waals surface area contributed by atoms with Crippen molar-refractivity contribution in [2.24, 2.45) is 0 Å². The molecule has 0 spiro atoms. The van der Waals surface area contributed by atoms with Crippen molar-refractivity contribution in [3.8, 4) is 11.8 Å². The number of hydrogen-bond donors (Lipinski definition) is 2. The quantitative estimate of drug-likeness (QED) is 0.811. The number of rotatable bonds is 2. The Morgan fingerprint density at radius 3 is 2.60 bits per heavy atom. The molecular weight excluding hydrogens is 256 g/mol.